The van der Waals surface area contributed by atoms with Crippen LogP contribution in [0.15, 0.2) is 24.3 Å². The number of hydrogen-bond acceptors (Lipinski definition) is 5. The van der Waals surface area contributed by atoms with E-state index in [4.69, 9.17) is 4.74 Å². The summed E-state index contributed by atoms with van der Waals surface area (Å²) in [5.74, 6) is 0.157. The summed E-state index contributed by atoms with van der Waals surface area (Å²) in [4.78, 5) is 46.2. The van der Waals surface area contributed by atoms with E-state index in [-0.39, 0.29) is 36.6 Å². The standard InChI is InChI=1S/C26H39N3O4/c1-5-27(6-2)15-16-28(7-3)23(30)18-26(20-11-10-14-22(17-20)33-4)19-24(31)29(25(26)32)21-12-8-9-13-21/h10-11,14,17,21H,5-9,12-13,15-16,18-19H2,1-4H3/t26-/m1/s1. The third kappa shape index (κ3) is 5.24. The number of amides is 3. The molecule has 1 aromatic carbocycles. The number of likely N-dealkylation sites (N-methyl/N-ethyl adjacent to an activating group) is 2. The van der Waals surface area contributed by atoms with Gasteiger partial charge in [0.2, 0.25) is 17.7 Å². The van der Waals surface area contributed by atoms with E-state index in [2.05, 4.69) is 18.7 Å². The molecule has 1 saturated carbocycles. The van der Waals surface area contributed by atoms with Crippen LogP contribution in [-0.4, -0.2) is 78.3 Å². The maximum absolute atomic E-state index is 13.9. The molecule has 0 bridgehead atoms. The van der Waals surface area contributed by atoms with Crippen LogP contribution in [0.25, 0.3) is 0 Å². The lowest BCUT2D eigenvalue weighted by Crippen LogP contribution is -2.46. The molecule has 0 radical (unpaired) electrons. The minimum Gasteiger partial charge on any atom is -0.497 e. The van der Waals surface area contributed by atoms with E-state index in [1.54, 1.807) is 7.11 Å². The molecule has 1 aliphatic heterocycles. The molecule has 0 N–H and O–H groups in total. The van der Waals surface area contributed by atoms with Gasteiger partial charge in [0.15, 0.2) is 0 Å². The van der Waals surface area contributed by atoms with Crippen molar-refractivity contribution in [3.8, 4) is 5.75 Å². The highest BCUT2D eigenvalue weighted by Gasteiger charge is 2.56. The fraction of sp³-hybridized carbons (Fsp3) is 0.654. The van der Waals surface area contributed by atoms with Gasteiger partial charge in [0.25, 0.3) is 0 Å². The second kappa shape index (κ2) is 11.1. The second-order valence-electron chi connectivity index (χ2n) is 9.18. The van der Waals surface area contributed by atoms with Crippen LogP contribution in [0.5, 0.6) is 5.75 Å². The van der Waals surface area contributed by atoms with Crippen molar-refractivity contribution in [3.63, 3.8) is 0 Å². The predicted molar refractivity (Wildman–Crippen MR) is 128 cm³/mol. The van der Waals surface area contributed by atoms with Gasteiger partial charge in [0.1, 0.15) is 5.75 Å². The van der Waals surface area contributed by atoms with E-state index in [9.17, 15) is 14.4 Å². The molecule has 0 aromatic heterocycles. The summed E-state index contributed by atoms with van der Waals surface area (Å²) in [6.07, 6.45) is 3.80. The third-order valence-electron chi connectivity index (χ3n) is 7.43. The molecule has 2 aliphatic rings. The fourth-order valence-corrected chi connectivity index (χ4v) is 5.31. The quantitative estimate of drug-likeness (QED) is 0.477. The summed E-state index contributed by atoms with van der Waals surface area (Å²) in [5.41, 5.74) is -0.484. The minimum absolute atomic E-state index is 0.0000505. The van der Waals surface area contributed by atoms with Crippen molar-refractivity contribution < 1.29 is 19.1 Å². The summed E-state index contributed by atoms with van der Waals surface area (Å²) < 4.78 is 5.40. The van der Waals surface area contributed by atoms with Crippen molar-refractivity contribution in [2.45, 2.75) is 70.8 Å². The van der Waals surface area contributed by atoms with Crippen LogP contribution in [0.4, 0.5) is 0 Å². The van der Waals surface area contributed by atoms with Crippen LogP contribution in [0.1, 0.15) is 64.9 Å². The van der Waals surface area contributed by atoms with Gasteiger partial charge in [-0.15, -0.1) is 0 Å². The number of hydrogen-bond donors (Lipinski definition) is 0. The zero-order chi connectivity index (χ0) is 24.0. The number of carbonyl (C=O) groups excluding carboxylic acids is 3. The first-order valence-corrected chi connectivity index (χ1v) is 12.4. The molecule has 1 aromatic rings. The van der Waals surface area contributed by atoms with Crippen molar-refractivity contribution in [2.24, 2.45) is 0 Å². The van der Waals surface area contributed by atoms with Crippen LogP contribution in [0.2, 0.25) is 0 Å². The molecule has 1 aliphatic carbocycles. The number of methoxy groups -OCH3 is 1. The second-order valence-corrected chi connectivity index (χ2v) is 9.18. The molecule has 0 spiro atoms. The summed E-state index contributed by atoms with van der Waals surface area (Å²) >= 11 is 0. The summed E-state index contributed by atoms with van der Waals surface area (Å²) in [6.45, 7) is 10.0. The molecule has 1 heterocycles. The molecule has 1 atom stereocenters. The van der Waals surface area contributed by atoms with E-state index in [1.165, 1.54) is 4.90 Å². The monoisotopic (exact) mass is 457 g/mol. The van der Waals surface area contributed by atoms with Crippen LogP contribution >= 0.6 is 0 Å². The Labute approximate surface area is 198 Å². The highest BCUT2D eigenvalue weighted by molar-refractivity contribution is 6.11. The largest absolute Gasteiger partial charge is 0.497 e. The third-order valence-corrected chi connectivity index (χ3v) is 7.43. The predicted octanol–water partition coefficient (Wildman–Crippen LogP) is 3.21. The van der Waals surface area contributed by atoms with Crippen LogP contribution < -0.4 is 4.74 Å². The van der Waals surface area contributed by atoms with Gasteiger partial charge in [-0.1, -0.05) is 38.8 Å². The Morgan fingerprint density at radius 2 is 1.79 bits per heavy atom. The molecule has 7 heteroatoms. The first-order valence-electron chi connectivity index (χ1n) is 12.4. The molecular formula is C26H39N3O4. The molecule has 3 rings (SSSR count). The highest BCUT2D eigenvalue weighted by Crippen LogP contribution is 2.43. The minimum atomic E-state index is -1.17. The molecule has 0 unspecified atom stereocenters. The summed E-state index contributed by atoms with van der Waals surface area (Å²) in [6, 6.07) is 7.26. The number of rotatable bonds is 11. The number of ether oxygens (including phenoxy) is 1. The lowest BCUT2D eigenvalue weighted by Gasteiger charge is -2.32. The van der Waals surface area contributed by atoms with E-state index in [1.807, 2.05) is 36.1 Å². The number of carbonyl (C=O) groups is 3. The summed E-state index contributed by atoms with van der Waals surface area (Å²) in [7, 11) is 1.58. The van der Waals surface area contributed by atoms with Gasteiger partial charge in [-0.25, -0.2) is 0 Å². The van der Waals surface area contributed by atoms with Crippen molar-refractivity contribution >= 4 is 17.7 Å². The van der Waals surface area contributed by atoms with Gasteiger partial charge in [-0.2, -0.15) is 0 Å². The van der Waals surface area contributed by atoms with Crippen LogP contribution in [-0.2, 0) is 19.8 Å². The normalized spacial score (nSPS) is 21.3. The lowest BCUT2D eigenvalue weighted by molar-refractivity contribution is -0.144. The number of benzene rings is 1. The lowest BCUT2D eigenvalue weighted by atomic mass is 9.75. The zero-order valence-corrected chi connectivity index (χ0v) is 20.6. The van der Waals surface area contributed by atoms with Crippen molar-refractivity contribution in [3.05, 3.63) is 29.8 Å². The first kappa shape index (κ1) is 25.2. The Bertz CT molecular complexity index is 848. The first-order chi connectivity index (χ1) is 15.9. The van der Waals surface area contributed by atoms with E-state index in [0.29, 0.717) is 24.4 Å². The molecule has 1 saturated heterocycles. The smallest absolute Gasteiger partial charge is 0.241 e. The Kier molecular flexibility index (Phi) is 8.51. The Balaban J connectivity index is 1.92. The average Bonchev–Trinajstić information content (AvgIpc) is 3.43. The molecule has 7 nitrogen and oxygen atoms in total. The Morgan fingerprint density at radius 1 is 1.09 bits per heavy atom. The number of likely N-dealkylation sites (tertiary alicyclic amines) is 1. The molecule has 3 amide bonds. The zero-order valence-electron chi connectivity index (χ0n) is 20.6. The van der Waals surface area contributed by atoms with Gasteiger partial charge >= 0.3 is 0 Å². The number of nitrogens with zero attached hydrogens (tertiary/aromatic N) is 3. The summed E-state index contributed by atoms with van der Waals surface area (Å²) in [5, 5.41) is 0. The van der Waals surface area contributed by atoms with E-state index >= 15 is 0 Å². The topological polar surface area (TPSA) is 70.2 Å². The van der Waals surface area contributed by atoms with Gasteiger partial charge in [0, 0.05) is 38.5 Å². The molecule has 33 heavy (non-hydrogen) atoms. The molecule has 2 fully saturated rings. The number of imide groups is 1. The van der Waals surface area contributed by atoms with Gasteiger partial charge in [-0.05, 0) is 50.6 Å². The average molecular weight is 458 g/mol. The molecule has 182 valence electrons. The van der Waals surface area contributed by atoms with Crippen molar-refractivity contribution in [1.82, 2.24) is 14.7 Å². The van der Waals surface area contributed by atoms with Crippen LogP contribution in [0, 0.1) is 0 Å². The Morgan fingerprint density at radius 3 is 2.39 bits per heavy atom. The van der Waals surface area contributed by atoms with Crippen molar-refractivity contribution in [1.29, 1.82) is 0 Å². The Hall–Kier alpha value is -2.41. The van der Waals surface area contributed by atoms with Crippen LogP contribution in [0.3, 0.4) is 0 Å². The maximum Gasteiger partial charge on any atom is 0.241 e. The highest BCUT2D eigenvalue weighted by atomic mass is 16.5. The van der Waals surface area contributed by atoms with E-state index in [0.717, 1.165) is 45.3 Å². The van der Waals surface area contributed by atoms with Gasteiger partial charge in [-0.3, -0.25) is 19.3 Å². The van der Waals surface area contributed by atoms with E-state index < -0.39 is 5.41 Å². The fourth-order valence-electron chi connectivity index (χ4n) is 5.31. The van der Waals surface area contributed by atoms with Crippen molar-refractivity contribution in [2.75, 3.05) is 39.8 Å². The van der Waals surface area contributed by atoms with Gasteiger partial charge in [0.05, 0.1) is 12.5 Å². The maximum atomic E-state index is 13.9. The molecular weight excluding hydrogens is 418 g/mol. The van der Waals surface area contributed by atoms with Gasteiger partial charge < -0.3 is 14.5 Å². The SMILES string of the molecule is CCN(CC)CCN(CC)C(=O)C[C@]1(c2cccc(OC)c2)CC(=O)N(C2CCCC2)C1=O.